The van der Waals surface area contributed by atoms with E-state index in [4.69, 9.17) is 0 Å². The highest BCUT2D eigenvalue weighted by Gasteiger charge is 2.41. The predicted molar refractivity (Wildman–Crippen MR) is 157 cm³/mol. The van der Waals surface area contributed by atoms with Crippen LogP contribution in [0.25, 0.3) is 33.4 Å². The van der Waals surface area contributed by atoms with E-state index in [2.05, 4.69) is 11.7 Å². The van der Waals surface area contributed by atoms with Crippen molar-refractivity contribution in [2.75, 3.05) is 0 Å². The van der Waals surface area contributed by atoms with E-state index in [9.17, 15) is 30.7 Å². The van der Waals surface area contributed by atoms with Gasteiger partial charge in [0.1, 0.15) is 40.4 Å². The monoisotopic (exact) mass is 662 g/mol. The molecule has 11 heteroatoms. The fourth-order valence-electron chi connectivity index (χ4n) is 5.16. The summed E-state index contributed by atoms with van der Waals surface area (Å²) in [5, 5.41) is 0. The molecule has 0 aliphatic rings. The van der Waals surface area contributed by atoms with Gasteiger partial charge in [-0.25, -0.2) is 35.1 Å². The number of aryl methyl sites for hydroxylation is 1. The zero-order chi connectivity index (χ0) is 34.0. The Hall–Kier alpha value is -4.80. The molecule has 0 amide bonds. The molecular formula is C36H24F10O. The summed E-state index contributed by atoms with van der Waals surface area (Å²) in [5.74, 6) is -13.4. The third kappa shape index (κ3) is 7.13. The van der Waals surface area contributed by atoms with Gasteiger partial charge in [-0.1, -0.05) is 44.0 Å². The molecule has 0 spiro atoms. The highest BCUT2D eigenvalue weighted by molar-refractivity contribution is 5.72. The van der Waals surface area contributed by atoms with Gasteiger partial charge in [0.05, 0.1) is 5.56 Å². The van der Waals surface area contributed by atoms with E-state index in [-0.39, 0.29) is 5.56 Å². The molecule has 1 nitrogen and oxygen atoms in total. The molecule has 0 heterocycles. The van der Waals surface area contributed by atoms with Crippen molar-refractivity contribution in [2.24, 2.45) is 0 Å². The molecule has 0 fully saturated rings. The van der Waals surface area contributed by atoms with Gasteiger partial charge in [0, 0.05) is 11.6 Å². The van der Waals surface area contributed by atoms with Crippen LogP contribution in [0.3, 0.4) is 0 Å². The number of ether oxygens (including phenoxy) is 1. The van der Waals surface area contributed by atoms with Crippen LogP contribution in [0.1, 0.15) is 37.3 Å². The van der Waals surface area contributed by atoms with Gasteiger partial charge < -0.3 is 4.74 Å². The van der Waals surface area contributed by atoms with Crippen molar-refractivity contribution < 1.29 is 48.6 Å². The SMILES string of the molecule is CCCCCc1ccc(-c2cc(F)c(C(F)(F)Oc3ccc(-c4cc(F)c(-c5cc(F)c(F)c(F)c5)c(F)c4)c(F)c3)c(F)c2)cc1. The van der Waals surface area contributed by atoms with Gasteiger partial charge in [-0.15, -0.1) is 0 Å². The zero-order valence-corrected chi connectivity index (χ0v) is 24.5. The summed E-state index contributed by atoms with van der Waals surface area (Å²) >= 11 is 0. The Labute approximate surface area is 263 Å². The average molecular weight is 663 g/mol. The molecule has 0 aromatic heterocycles. The summed E-state index contributed by atoms with van der Waals surface area (Å²) in [6, 6.07) is 12.3. The smallest absolute Gasteiger partial charge is 0.429 e. The van der Waals surface area contributed by atoms with E-state index in [0.717, 1.165) is 55.5 Å². The molecule has 5 aromatic carbocycles. The number of alkyl halides is 2. The van der Waals surface area contributed by atoms with Crippen molar-refractivity contribution >= 4 is 0 Å². The molecule has 0 saturated carbocycles. The van der Waals surface area contributed by atoms with Crippen LogP contribution >= 0.6 is 0 Å². The molecule has 0 radical (unpaired) electrons. The average Bonchev–Trinajstić information content (AvgIpc) is 2.99. The van der Waals surface area contributed by atoms with Crippen LogP contribution in [0.15, 0.2) is 78.9 Å². The lowest BCUT2D eigenvalue weighted by atomic mass is 9.98. The Balaban J connectivity index is 1.37. The highest BCUT2D eigenvalue weighted by atomic mass is 19.3. The van der Waals surface area contributed by atoms with Crippen molar-refractivity contribution in [3.63, 3.8) is 0 Å². The van der Waals surface area contributed by atoms with Gasteiger partial charge in [-0.2, -0.15) is 8.78 Å². The third-order valence-electron chi connectivity index (χ3n) is 7.50. The lowest BCUT2D eigenvalue weighted by Gasteiger charge is -2.20. The van der Waals surface area contributed by atoms with Crippen LogP contribution in [0.2, 0.25) is 0 Å². The van der Waals surface area contributed by atoms with E-state index >= 15 is 13.2 Å². The molecule has 5 aromatic rings. The van der Waals surface area contributed by atoms with Crippen LogP contribution < -0.4 is 4.74 Å². The fraction of sp³-hybridized carbons (Fsp3) is 0.167. The topological polar surface area (TPSA) is 9.23 Å². The van der Waals surface area contributed by atoms with E-state index in [1.807, 2.05) is 0 Å². The minimum atomic E-state index is -4.61. The van der Waals surface area contributed by atoms with Crippen molar-refractivity contribution in [1.29, 1.82) is 0 Å². The van der Waals surface area contributed by atoms with Crippen LogP contribution in [0, 0.1) is 46.5 Å². The Morgan fingerprint density at radius 3 is 1.64 bits per heavy atom. The first kappa shape index (κ1) is 33.6. The quantitative estimate of drug-likeness (QED) is 0.0822. The molecule has 5 rings (SSSR count). The summed E-state index contributed by atoms with van der Waals surface area (Å²) < 4.78 is 150. The first-order valence-corrected chi connectivity index (χ1v) is 14.4. The number of hydrogen-bond acceptors (Lipinski definition) is 1. The lowest BCUT2D eigenvalue weighted by molar-refractivity contribution is -0.189. The number of hydrogen-bond donors (Lipinski definition) is 0. The van der Waals surface area contributed by atoms with Gasteiger partial charge in [0.25, 0.3) is 0 Å². The summed E-state index contributed by atoms with van der Waals surface area (Å²) in [4.78, 5) is 0. The molecule has 47 heavy (non-hydrogen) atoms. The maximum absolute atomic E-state index is 15.0. The van der Waals surface area contributed by atoms with Crippen molar-refractivity contribution in [1.82, 2.24) is 0 Å². The summed E-state index contributed by atoms with van der Waals surface area (Å²) in [5.41, 5.74) is -2.83. The molecule has 0 atom stereocenters. The number of unbranched alkanes of at least 4 members (excludes halogenated alkanes) is 2. The summed E-state index contributed by atoms with van der Waals surface area (Å²) in [6.07, 6.45) is -0.711. The van der Waals surface area contributed by atoms with Crippen LogP contribution in [0.4, 0.5) is 43.9 Å². The second-order valence-electron chi connectivity index (χ2n) is 10.8. The van der Waals surface area contributed by atoms with Gasteiger partial charge in [0.15, 0.2) is 17.5 Å². The Morgan fingerprint density at radius 1 is 0.532 bits per heavy atom. The normalized spacial score (nSPS) is 11.6. The van der Waals surface area contributed by atoms with E-state index in [1.165, 1.54) is 0 Å². The molecule has 0 N–H and O–H groups in total. The van der Waals surface area contributed by atoms with Gasteiger partial charge in [-0.3, -0.25) is 0 Å². The molecule has 244 valence electrons. The minimum absolute atomic E-state index is 0.00948. The summed E-state index contributed by atoms with van der Waals surface area (Å²) in [6.45, 7) is 2.07. The lowest BCUT2D eigenvalue weighted by Crippen LogP contribution is -2.25. The maximum Gasteiger partial charge on any atom is 0.432 e. The van der Waals surface area contributed by atoms with Crippen LogP contribution in [-0.2, 0) is 12.5 Å². The molecule has 0 unspecified atom stereocenters. The Kier molecular flexibility index (Phi) is 9.65. The highest BCUT2D eigenvalue weighted by Crippen LogP contribution is 2.39. The number of halogens is 10. The predicted octanol–water partition coefficient (Wildman–Crippen LogP) is 11.7. The van der Waals surface area contributed by atoms with Crippen LogP contribution in [0.5, 0.6) is 5.75 Å². The van der Waals surface area contributed by atoms with E-state index in [0.29, 0.717) is 35.9 Å². The number of rotatable bonds is 10. The molecule has 0 saturated heterocycles. The Bertz CT molecular complexity index is 1870. The van der Waals surface area contributed by atoms with E-state index in [1.54, 1.807) is 24.3 Å². The Morgan fingerprint density at radius 2 is 1.09 bits per heavy atom. The van der Waals surface area contributed by atoms with Gasteiger partial charge in [-0.05, 0) is 89.2 Å². The van der Waals surface area contributed by atoms with Gasteiger partial charge in [0.2, 0.25) is 0 Å². The minimum Gasteiger partial charge on any atom is -0.429 e. The first-order valence-electron chi connectivity index (χ1n) is 14.4. The van der Waals surface area contributed by atoms with Crippen molar-refractivity contribution in [2.45, 2.75) is 38.7 Å². The van der Waals surface area contributed by atoms with E-state index < -0.39 is 86.2 Å². The fourth-order valence-corrected chi connectivity index (χ4v) is 5.16. The van der Waals surface area contributed by atoms with Crippen LogP contribution in [-0.4, -0.2) is 0 Å². The second-order valence-corrected chi connectivity index (χ2v) is 10.8. The molecular weight excluding hydrogens is 638 g/mol. The maximum atomic E-state index is 15.0. The molecule has 0 aliphatic carbocycles. The van der Waals surface area contributed by atoms with Crippen molar-refractivity contribution in [3.05, 3.63) is 137 Å². The first-order chi connectivity index (χ1) is 22.3. The van der Waals surface area contributed by atoms with Crippen molar-refractivity contribution in [3.8, 4) is 39.1 Å². The molecule has 0 aliphatic heterocycles. The zero-order valence-electron chi connectivity index (χ0n) is 24.5. The van der Waals surface area contributed by atoms with Gasteiger partial charge >= 0.3 is 6.11 Å². The third-order valence-corrected chi connectivity index (χ3v) is 7.50. The standard InChI is InChI=1S/C36H24F10O/c1-2-3-4-5-19-6-8-20(9-7-19)21-12-29(40)34(30(41)13-21)36(45,46)47-24-10-11-25(26(37)18-24)22-14-27(38)33(28(39)15-22)23-16-31(42)35(44)32(43)17-23/h6-18H,2-5H2,1H3. The number of benzene rings is 5. The summed E-state index contributed by atoms with van der Waals surface area (Å²) in [7, 11) is 0. The largest absolute Gasteiger partial charge is 0.432 e. The molecule has 0 bridgehead atoms. The second kappa shape index (κ2) is 13.5.